The highest BCUT2D eigenvalue weighted by Gasteiger charge is 2.36. The molecule has 1 heterocycles. The molecule has 0 bridgehead atoms. The second-order valence-electron chi connectivity index (χ2n) is 12.7. The Bertz CT molecular complexity index is 495. The van der Waals surface area contributed by atoms with Crippen molar-refractivity contribution in [3.63, 3.8) is 0 Å². The molecule has 0 saturated carbocycles. The topological polar surface area (TPSA) is 33.7 Å². The maximum Gasteiger partial charge on any atom is 0.191 e. The Morgan fingerprint density at radius 1 is 0.857 bits per heavy atom. The van der Waals surface area contributed by atoms with Crippen molar-refractivity contribution < 1.29 is 9.16 Å². The van der Waals surface area contributed by atoms with Crippen LogP contribution in [0.25, 0.3) is 0 Å². The number of hydrogen-bond donors (Lipinski definition) is 1. The minimum absolute atomic E-state index is 0.294. The van der Waals surface area contributed by atoms with Crippen molar-refractivity contribution in [1.82, 2.24) is 10.4 Å². The van der Waals surface area contributed by atoms with Crippen LogP contribution in [0, 0.1) is 0 Å². The SMILES string of the molecule is CCCCCCCCCCCCCC[C@H](CCCO[Si](C)(C)C(C)(C)C)NN1CCC[C@H]1COC. The fourth-order valence-corrected chi connectivity index (χ4v) is 6.07. The molecule has 210 valence electrons. The average Bonchev–Trinajstić information content (AvgIpc) is 3.23. The van der Waals surface area contributed by atoms with Crippen molar-refractivity contribution in [2.75, 3.05) is 26.9 Å². The van der Waals surface area contributed by atoms with Crippen LogP contribution in [0.2, 0.25) is 18.1 Å². The number of ether oxygens (including phenoxy) is 1. The number of unbranched alkanes of at least 4 members (excludes halogenated alkanes) is 11. The first-order chi connectivity index (χ1) is 16.7. The molecule has 1 rings (SSSR count). The molecular weight excluding hydrogens is 448 g/mol. The summed E-state index contributed by atoms with van der Waals surface area (Å²) in [5.74, 6) is 0. The number of nitrogens with zero attached hydrogens (tertiary/aromatic N) is 1. The van der Waals surface area contributed by atoms with Gasteiger partial charge in [-0.05, 0) is 50.2 Å². The smallest absolute Gasteiger partial charge is 0.191 e. The van der Waals surface area contributed by atoms with Crippen LogP contribution < -0.4 is 5.43 Å². The van der Waals surface area contributed by atoms with Crippen LogP contribution in [0.5, 0.6) is 0 Å². The summed E-state index contributed by atoms with van der Waals surface area (Å²) in [5, 5.41) is 2.78. The summed E-state index contributed by atoms with van der Waals surface area (Å²) >= 11 is 0. The van der Waals surface area contributed by atoms with Crippen LogP contribution in [-0.4, -0.2) is 52.3 Å². The van der Waals surface area contributed by atoms with Gasteiger partial charge in [-0.1, -0.05) is 105 Å². The molecule has 2 atom stereocenters. The number of nitrogens with one attached hydrogen (secondary N) is 1. The van der Waals surface area contributed by atoms with E-state index in [9.17, 15) is 0 Å². The van der Waals surface area contributed by atoms with Gasteiger partial charge in [-0.15, -0.1) is 0 Å². The molecule has 0 aliphatic carbocycles. The molecule has 35 heavy (non-hydrogen) atoms. The molecule has 1 fully saturated rings. The van der Waals surface area contributed by atoms with E-state index in [2.05, 4.69) is 51.2 Å². The fraction of sp³-hybridized carbons (Fsp3) is 1.00. The van der Waals surface area contributed by atoms with Gasteiger partial charge in [0.2, 0.25) is 0 Å². The van der Waals surface area contributed by atoms with Crippen molar-refractivity contribution in [2.45, 2.75) is 167 Å². The summed E-state index contributed by atoms with van der Waals surface area (Å²) in [5.41, 5.74) is 3.93. The maximum atomic E-state index is 6.47. The van der Waals surface area contributed by atoms with Crippen molar-refractivity contribution in [3.8, 4) is 0 Å². The van der Waals surface area contributed by atoms with Gasteiger partial charge in [0.25, 0.3) is 0 Å². The summed E-state index contributed by atoms with van der Waals surface area (Å²) in [6, 6.07) is 1.10. The highest BCUT2D eigenvalue weighted by molar-refractivity contribution is 6.74. The molecule has 0 spiro atoms. The van der Waals surface area contributed by atoms with E-state index in [1.807, 2.05) is 7.11 Å². The van der Waals surface area contributed by atoms with Gasteiger partial charge in [0, 0.05) is 32.3 Å². The third-order valence-corrected chi connectivity index (χ3v) is 13.0. The molecule has 1 N–H and O–H groups in total. The molecule has 0 amide bonds. The molecule has 4 nitrogen and oxygen atoms in total. The normalized spacial score (nSPS) is 18.4. The minimum Gasteiger partial charge on any atom is -0.417 e. The number of hydrazine groups is 1. The van der Waals surface area contributed by atoms with E-state index in [0.29, 0.717) is 17.1 Å². The van der Waals surface area contributed by atoms with Gasteiger partial charge in [-0.3, -0.25) is 5.43 Å². The molecule has 0 aromatic rings. The third-order valence-electron chi connectivity index (χ3n) is 8.46. The van der Waals surface area contributed by atoms with Crippen LogP contribution in [0.1, 0.15) is 137 Å². The molecule has 5 heteroatoms. The van der Waals surface area contributed by atoms with Crippen molar-refractivity contribution in [3.05, 3.63) is 0 Å². The lowest BCUT2D eigenvalue weighted by Crippen LogP contribution is -2.49. The summed E-state index contributed by atoms with van der Waals surface area (Å²) in [6.07, 6.45) is 23.2. The second-order valence-corrected chi connectivity index (χ2v) is 17.5. The molecule has 1 saturated heterocycles. The second kappa shape index (κ2) is 19.2. The fourth-order valence-electron chi connectivity index (χ4n) is 4.98. The summed E-state index contributed by atoms with van der Waals surface area (Å²) in [6.45, 7) is 16.9. The summed E-state index contributed by atoms with van der Waals surface area (Å²) < 4.78 is 12.0. The first kappa shape index (κ1) is 33.1. The van der Waals surface area contributed by atoms with Crippen molar-refractivity contribution >= 4 is 8.32 Å². The van der Waals surface area contributed by atoms with Crippen LogP contribution in [0.3, 0.4) is 0 Å². The Morgan fingerprint density at radius 3 is 1.94 bits per heavy atom. The lowest BCUT2D eigenvalue weighted by Gasteiger charge is -2.36. The van der Waals surface area contributed by atoms with Crippen LogP contribution in [0.15, 0.2) is 0 Å². The molecule has 1 aliphatic heterocycles. The zero-order valence-corrected chi connectivity index (χ0v) is 26.1. The van der Waals surface area contributed by atoms with Gasteiger partial charge in [0.15, 0.2) is 8.32 Å². The number of methoxy groups -OCH3 is 1. The summed E-state index contributed by atoms with van der Waals surface area (Å²) in [7, 11) is 0.191. The lowest BCUT2D eigenvalue weighted by atomic mass is 10.0. The Labute approximate surface area is 221 Å². The Balaban J connectivity index is 2.30. The number of hydrogen-bond acceptors (Lipinski definition) is 4. The van der Waals surface area contributed by atoms with Gasteiger partial charge < -0.3 is 9.16 Å². The predicted molar refractivity (Wildman–Crippen MR) is 157 cm³/mol. The zero-order chi connectivity index (χ0) is 26.0. The van der Waals surface area contributed by atoms with Gasteiger partial charge in [-0.25, -0.2) is 5.01 Å². The third kappa shape index (κ3) is 15.2. The highest BCUT2D eigenvalue weighted by atomic mass is 28.4. The lowest BCUT2D eigenvalue weighted by molar-refractivity contribution is 0.0664. The van der Waals surface area contributed by atoms with Crippen LogP contribution in [-0.2, 0) is 9.16 Å². The predicted octanol–water partition coefficient (Wildman–Crippen LogP) is 8.86. The Kier molecular flexibility index (Phi) is 18.1. The van der Waals surface area contributed by atoms with E-state index in [0.717, 1.165) is 26.2 Å². The molecule has 0 radical (unpaired) electrons. The van der Waals surface area contributed by atoms with Gasteiger partial charge in [-0.2, -0.15) is 0 Å². The standard InChI is InChI=1S/C30H64N2O2Si/c1-8-9-10-11-12-13-14-15-16-17-18-19-22-28(31-32-25-20-24-29(32)27-33-5)23-21-26-34-35(6,7)30(2,3)4/h28-29,31H,8-27H2,1-7H3/t28-,29+/m1/s1. The van der Waals surface area contributed by atoms with E-state index in [1.165, 1.54) is 103 Å². The van der Waals surface area contributed by atoms with E-state index >= 15 is 0 Å². The molecule has 1 aliphatic rings. The van der Waals surface area contributed by atoms with E-state index in [1.54, 1.807) is 0 Å². The van der Waals surface area contributed by atoms with Crippen molar-refractivity contribution in [1.29, 1.82) is 0 Å². The minimum atomic E-state index is -1.64. The molecule has 0 aromatic heterocycles. The number of rotatable bonds is 22. The molecule has 0 aromatic carbocycles. The first-order valence-corrected chi connectivity index (χ1v) is 18.3. The van der Waals surface area contributed by atoms with Crippen LogP contribution >= 0.6 is 0 Å². The first-order valence-electron chi connectivity index (χ1n) is 15.4. The Morgan fingerprint density at radius 2 is 1.40 bits per heavy atom. The van der Waals surface area contributed by atoms with Gasteiger partial charge in [0.1, 0.15) is 0 Å². The average molecular weight is 513 g/mol. The van der Waals surface area contributed by atoms with Crippen LogP contribution in [0.4, 0.5) is 0 Å². The maximum absolute atomic E-state index is 6.47. The summed E-state index contributed by atoms with van der Waals surface area (Å²) in [4.78, 5) is 0. The zero-order valence-electron chi connectivity index (χ0n) is 25.1. The highest BCUT2D eigenvalue weighted by Crippen LogP contribution is 2.36. The Hall–Kier alpha value is 0.0569. The van der Waals surface area contributed by atoms with Crippen molar-refractivity contribution in [2.24, 2.45) is 0 Å². The van der Waals surface area contributed by atoms with E-state index in [-0.39, 0.29) is 0 Å². The molecular formula is C30H64N2O2Si. The molecule has 0 unspecified atom stereocenters. The van der Waals surface area contributed by atoms with E-state index < -0.39 is 8.32 Å². The van der Waals surface area contributed by atoms with Gasteiger partial charge >= 0.3 is 0 Å². The largest absolute Gasteiger partial charge is 0.417 e. The van der Waals surface area contributed by atoms with E-state index in [4.69, 9.17) is 9.16 Å². The monoisotopic (exact) mass is 512 g/mol. The quantitative estimate of drug-likeness (QED) is 0.116. The van der Waals surface area contributed by atoms with Gasteiger partial charge in [0.05, 0.1) is 6.61 Å².